The van der Waals surface area contributed by atoms with E-state index >= 15 is 0 Å². The highest BCUT2D eigenvalue weighted by Crippen LogP contribution is 2.12. The summed E-state index contributed by atoms with van der Waals surface area (Å²) in [6.07, 6.45) is 22.5. The summed E-state index contributed by atoms with van der Waals surface area (Å²) in [5.74, 6) is -1.07. The third-order valence-electron chi connectivity index (χ3n) is 6.84. The first-order valence-electron chi connectivity index (χ1n) is 15.8. The zero-order valence-electron chi connectivity index (χ0n) is 25.3. The number of rotatable bonds is 28. The van der Waals surface area contributed by atoms with Gasteiger partial charge in [-0.05, 0) is 32.6 Å². The van der Waals surface area contributed by atoms with E-state index < -0.39 is 12.0 Å². The van der Waals surface area contributed by atoms with Gasteiger partial charge in [-0.2, -0.15) is 0 Å². The Morgan fingerprint density at radius 3 is 1.44 bits per heavy atom. The number of ether oxygens (including phenoxy) is 3. The number of nitrogens with two attached hydrogens (primary N) is 1. The van der Waals surface area contributed by atoms with Crippen molar-refractivity contribution < 1.29 is 28.6 Å². The Hall–Kier alpha value is -1.89. The average molecular weight is 554 g/mol. The van der Waals surface area contributed by atoms with Gasteiger partial charge in [-0.15, -0.1) is 0 Å². The van der Waals surface area contributed by atoms with Gasteiger partial charge in [-0.1, -0.05) is 116 Å². The summed E-state index contributed by atoms with van der Waals surface area (Å²) in [7, 11) is 0. The van der Waals surface area contributed by atoms with Crippen LogP contribution < -0.4 is 5.73 Å². The van der Waals surface area contributed by atoms with E-state index in [0.717, 1.165) is 57.8 Å². The van der Waals surface area contributed by atoms with Crippen LogP contribution in [0.4, 0.5) is 0 Å². The van der Waals surface area contributed by atoms with Gasteiger partial charge in [0.25, 0.3) is 0 Å². The van der Waals surface area contributed by atoms with Crippen molar-refractivity contribution in [2.24, 2.45) is 5.73 Å². The van der Waals surface area contributed by atoms with E-state index in [1.165, 1.54) is 64.2 Å². The van der Waals surface area contributed by atoms with Crippen molar-refractivity contribution in [3.8, 4) is 0 Å². The van der Waals surface area contributed by atoms with E-state index in [9.17, 15) is 14.4 Å². The zero-order chi connectivity index (χ0) is 29.0. The van der Waals surface area contributed by atoms with Gasteiger partial charge in [0.05, 0.1) is 19.8 Å². The molecule has 0 spiro atoms. The number of hydrogen-bond acceptors (Lipinski definition) is 7. The van der Waals surface area contributed by atoms with E-state index in [0.29, 0.717) is 25.4 Å². The van der Waals surface area contributed by atoms with E-state index in [-0.39, 0.29) is 24.8 Å². The lowest BCUT2D eigenvalue weighted by atomic mass is 10.1. The van der Waals surface area contributed by atoms with Crippen LogP contribution in [0.5, 0.6) is 0 Å². The summed E-state index contributed by atoms with van der Waals surface area (Å²) in [4.78, 5) is 35.2. The van der Waals surface area contributed by atoms with Crippen LogP contribution >= 0.6 is 0 Å². The maximum Gasteiger partial charge on any atom is 0.333 e. The fourth-order valence-electron chi connectivity index (χ4n) is 4.25. The Kier molecular flexibility index (Phi) is 26.3. The Morgan fingerprint density at radius 1 is 0.615 bits per heavy atom. The molecule has 1 atom stereocenters. The first-order valence-corrected chi connectivity index (χ1v) is 15.8. The third kappa shape index (κ3) is 26.1. The molecule has 0 bridgehead atoms. The molecule has 0 aliphatic rings. The van der Waals surface area contributed by atoms with Gasteiger partial charge in [-0.3, -0.25) is 9.59 Å². The zero-order valence-corrected chi connectivity index (χ0v) is 25.3. The smallest absolute Gasteiger partial charge is 0.333 e. The lowest BCUT2D eigenvalue weighted by Gasteiger charge is -2.11. The maximum atomic E-state index is 12.0. The highest BCUT2D eigenvalue weighted by Gasteiger charge is 2.17. The minimum absolute atomic E-state index is 0.130. The van der Waals surface area contributed by atoms with Crippen LogP contribution in [0.25, 0.3) is 0 Å². The molecule has 0 aromatic heterocycles. The Morgan fingerprint density at radius 2 is 1.00 bits per heavy atom. The molecule has 0 aromatic rings. The predicted molar refractivity (Wildman–Crippen MR) is 158 cm³/mol. The normalized spacial score (nSPS) is 11.7. The van der Waals surface area contributed by atoms with Crippen molar-refractivity contribution in [2.75, 3.05) is 19.8 Å². The topological polar surface area (TPSA) is 105 Å². The largest absolute Gasteiger partial charge is 0.466 e. The van der Waals surface area contributed by atoms with Crippen LogP contribution in [0.3, 0.4) is 0 Å². The number of carbonyl (C=O) groups excluding carboxylic acids is 3. The van der Waals surface area contributed by atoms with Crippen molar-refractivity contribution in [1.82, 2.24) is 0 Å². The van der Waals surface area contributed by atoms with E-state index in [1.807, 2.05) is 0 Å². The maximum absolute atomic E-state index is 12.0. The van der Waals surface area contributed by atoms with Gasteiger partial charge in [-0.25, -0.2) is 4.79 Å². The number of carbonyl (C=O) groups is 3. The molecular weight excluding hydrogens is 494 g/mol. The Bertz CT molecular complexity index is 636. The van der Waals surface area contributed by atoms with Crippen LogP contribution in [0, 0.1) is 0 Å². The minimum Gasteiger partial charge on any atom is -0.466 e. The summed E-state index contributed by atoms with van der Waals surface area (Å²) in [6, 6.07) is -0.779. The van der Waals surface area contributed by atoms with Crippen molar-refractivity contribution >= 4 is 17.9 Å². The molecule has 0 aromatic carbocycles. The van der Waals surface area contributed by atoms with E-state index in [1.54, 1.807) is 6.92 Å². The molecule has 0 aliphatic carbocycles. The Labute approximate surface area is 239 Å². The second-order valence-corrected chi connectivity index (χ2v) is 10.8. The molecule has 0 unspecified atom stereocenters. The van der Waals surface area contributed by atoms with Crippen molar-refractivity contribution in [1.29, 1.82) is 0 Å². The molecule has 0 aliphatic heterocycles. The van der Waals surface area contributed by atoms with Gasteiger partial charge in [0, 0.05) is 12.0 Å². The summed E-state index contributed by atoms with van der Waals surface area (Å²) in [6.45, 7) is 8.70. The van der Waals surface area contributed by atoms with Crippen molar-refractivity contribution in [3.63, 3.8) is 0 Å². The van der Waals surface area contributed by atoms with Gasteiger partial charge >= 0.3 is 17.9 Å². The molecule has 0 saturated heterocycles. The highest BCUT2D eigenvalue weighted by molar-refractivity contribution is 5.86. The standard InChI is InChI=1S/C32H59NO6/c1-4-5-6-7-8-9-10-11-12-14-19-22-27-39-32(36)29(33)23-24-30(34)37-25-20-17-15-13-16-18-21-26-38-31(35)28(2)3/h29H,2,4-27,33H2,1,3H3/t29-/m0/s1. The summed E-state index contributed by atoms with van der Waals surface area (Å²) in [5, 5.41) is 0. The summed E-state index contributed by atoms with van der Waals surface area (Å²) < 4.78 is 15.6. The fraction of sp³-hybridized carbons (Fsp3) is 0.844. The van der Waals surface area contributed by atoms with E-state index in [2.05, 4.69) is 13.5 Å². The molecule has 0 fully saturated rings. The quantitative estimate of drug-likeness (QED) is 0.0457. The number of esters is 3. The van der Waals surface area contributed by atoms with E-state index in [4.69, 9.17) is 19.9 Å². The summed E-state index contributed by atoms with van der Waals surface area (Å²) in [5.41, 5.74) is 6.31. The molecule has 0 saturated carbocycles. The van der Waals surface area contributed by atoms with Crippen molar-refractivity contribution in [3.05, 3.63) is 12.2 Å². The lowest BCUT2D eigenvalue weighted by molar-refractivity contribution is -0.147. The SMILES string of the molecule is C=C(C)C(=O)OCCCCCCCCCOC(=O)CC[C@H](N)C(=O)OCCCCCCCCCCCCCC. The first kappa shape index (κ1) is 37.1. The third-order valence-corrected chi connectivity index (χ3v) is 6.84. The average Bonchev–Trinajstić information content (AvgIpc) is 2.92. The first-order chi connectivity index (χ1) is 18.9. The van der Waals surface area contributed by atoms with Crippen LogP contribution in [0.1, 0.15) is 149 Å². The van der Waals surface area contributed by atoms with Gasteiger partial charge < -0.3 is 19.9 Å². The lowest BCUT2D eigenvalue weighted by Crippen LogP contribution is -2.33. The molecule has 2 N–H and O–H groups in total. The second-order valence-electron chi connectivity index (χ2n) is 10.8. The highest BCUT2D eigenvalue weighted by atomic mass is 16.5. The van der Waals surface area contributed by atoms with Crippen LogP contribution in [0.15, 0.2) is 12.2 Å². The molecule has 7 nitrogen and oxygen atoms in total. The van der Waals surface area contributed by atoms with Crippen molar-refractivity contribution in [2.45, 2.75) is 155 Å². The predicted octanol–water partition coefficient (Wildman–Crippen LogP) is 7.73. The molecule has 0 rings (SSSR count). The molecule has 0 amide bonds. The molecule has 0 heterocycles. The molecule has 7 heteroatoms. The number of unbranched alkanes of at least 4 members (excludes halogenated alkanes) is 17. The Balaban J connectivity index is 3.46. The molecule has 0 radical (unpaired) electrons. The molecular formula is C32H59NO6. The van der Waals surface area contributed by atoms with Crippen LogP contribution in [0.2, 0.25) is 0 Å². The molecule has 228 valence electrons. The van der Waals surface area contributed by atoms with Gasteiger partial charge in [0.1, 0.15) is 6.04 Å². The summed E-state index contributed by atoms with van der Waals surface area (Å²) >= 11 is 0. The van der Waals surface area contributed by atoms with Crippen LogP contribution in [-0.2, 0) is 28.6 Å². The monoisotopic (exact) mass is 553 g/mol. The van der Waals surface area contributed by atoms with Gasteiger partial charge in [0.15, 0.2) is 0 Å². The molecule has 39 heavy (non-hydrogen) atoms. The number of hydrogen-bond donors (Lipinski definition) is 1. The minimum atomic E-state index is -0.779. The fourth-order valence-corrected chi connectivity index (χ4v) is 4.25. The van der Waals surface area contributed by atoms with Gasteiger partial charge in [0.2, 0.25) is 0 Å². The van der Waals surface area contributed by atoms with Crippen LogP contribution in [-0.4, -0.2) is 43.8 Å². The second kappa shape index (κ2) is 27.7.